The maximum Gasteiger partial charge on any atom is 0.310 e. The predicted molar refractivity (Wildman–Crippen MR) is 82.4 cm³/mol. The van der Waals surface area contributed by atoms with E-state index in [-0.39, 0.29) is 0 Å². The molecule has 1 aromatic heterocycles. The second-order valence-corrected chi connectivity index (χ2v) is 6.41. The van der Waals surface area contributed by atoms with Crippen LogP contribution in [0.2, 0.25) is 4.34 Å². The fourth-order valence-corrected chi connectivity index (χ4v) is 2.90. The number of hydrogen-bond acceptors (Lipinski definition) is 3. The van der Waals surface area contributed by atoms with E-state index in [9.17, 15) is 4.79 Å². The summed E-state index contributed by atoms with van der Waals surface area (Å²) in [4.78, 5) is 12.1. The summed E-state index contributed by atoms with van der Waals surface area (Å²) in [6.45, 7) is 3.22. The third-order valence-electron chi connectivity index (χ3n) is 3.11. The third kappa shape index (κ3) is 4.07. The molecule has 0 spiro atoms. The molecule has 0 saturated carbocycles. The second kappa shape index (κ2) is 6.88. The number of carbonyl (C=O) groups is 1. The van der Waals surface area contributed by atoms with Gasteiger partial charge in [-0.3, -0.25) is 4.79 Å². The monoisotopic (exact) mass is 309 g/mol. The first-order valence-corrected chi connectivity index (χ1v) is 7.52. The normalized spacial score (nSPS) is 12.3. The number of carboxylic acids is 1. The molecule has 1 unspecified atom stereocenters. The molecule has 0 saturated heterocycles. The van der Waals surface area contributed by atoms with Gasteiger partial charge in [-0.05, 0) is 30.2 Å². The van der Waals surface area contributed by atoms with Crippen LogP contribution in [0.1, 0.15) is 28.8 Å². The lowest BCUT2D eigenvalue weighted by atomic mass is 10.0. The van der Waals surface area contributed by atoms with Gasteiger partial charge in [0.1, 0.15) is 0 Å². The van der Waals surface area contributed by atoms with E-state index in [1.807, 2.05) is 36.4 Å². The number of nitrogens with one attached hydrogen (secondary N) is 1. The Morgan fingerprint density at radius 2 is 1.95 bits per heavy atom. The van der Waals surface area contributed by atoms with Crippen molar-refractivity contribution in [1.82, 2.24) is 5.32 Å². The van der Waals surface area contributed by atoms with Gasteiger partial charge in [0, 0.05) is 18.0 Å². The van der Waals surface area contributed by atoms with Crippen LogP contribution in [0.3, 0.4) is 0 Å². The van der Waals surface area contributed by atoms with Crippen molar-refractivity contribution in [2.75, 3.05) is 0 Å². The van der Waals surface area contributed by atoms with E-state index >= 15 is 0 Å². The lowest BCUT2D eigenvalue weighted by molar-refractivity contribution is -0.138. The zero-order valence-electron chi connectivity index (χ0n) is 11.1. The molecule has 5 heteroatoms. The van der Waals surface area contributed by atoms with E-state index in [1.54, 1.807) is 18.3 Å². The van der Waals surface area contributed by atoms with Gasteiger partial charge in [0.25, 0.3) is 0 Å². The highest BCUT2D eigenvalue weighted by Gasteiger charge is 2.12. The molecule has 0 aliphatic carbocycles. The fraction of sp³-hybridized carbons (Fsp3) is 0.267. The van der Waals surface area contributed by atoms with Crippen LogP contribution in [-0.4, -0.2) is 11.1 Å². The molecule has 20 heavy (non-hydrogen) atoms. The third-order valence-corrected chi connectivity index (χ3v) is 4.34. The van der Waals surface area contributed by atoms with E-state index in [4.69, 9.17) is 16.7 Å². The molecular weight excluding hydrogens is 294 g/mol. The number of hydrogen-bond donors (Lipinski definition) is 2. The molecule has 0 fully saturated rings. The molecule has 3 nitrogen and oxygen atoms in total. The predicted octanol–water partition coefficient (Wildman–Crippen LogP) is 3.88. The summed E-state index contributed by atoms with van der Waals surface area (Å²) in [5.41, 5.74) is 1.96. The standard InChI is InChI=1S/C15H16ClNO2S/c1-10(15(18)19)12-4-2-11(3-5-12)8-17-9-13-6-7-14(16)20-13/h2-7,10,17H,8-9H2,1H3,(H,18,19). The fourth-order valence-electron chi connectivity index (χ4n) is 1.84. The van der Waals surface area contributed by atoms with Gasteiger partial charge in [0.15, 0.2) is 0 Å². The topological polar surface area (TPSA) is 49.3 Å². The van der Waals surface area contributed by atoms with E-state index < -0.39 is 11.9 Å². The number of thiophene rings is 1. The van der Waals surface area contributed by atoms with Crippen LogP contribution in [0.5, 0.6) is 0 Å². The Bertz CT molecular complexity index is 580. The Morgan fingerprint density at radius 1 is 1.25 bits per heavy atom. The number of benzene rings is 1. The maximum atomic E-state index is 10.9. The van der Waals surface area contributed by atoms with Crippen molar-refractivity contribution >= 4 is 28.9 Å². The smallest absolute Gasteiger partial charge is 0.310 e. The molecule has 0 bridgehead atoms. The SMILES string of the molecule is CC(C(=O)O)c1ccc(CNCc2ccc(Cl)s2)cc1. The molecule has 1 heterocycles. The van der Waals surface area contributed by atoms with Crippen LogP contribution in [0, 0.1) is 0 Å². The van der Waals surface area contributed by atoms with Crippen molar-refractivity contribution in [3.05, 3.63) is 56.7 Å². The molecule has 2 aromatic rings. The van der Waals surface area contributed by atoms with Crippen molar-refractivity contribution in [3.8, 4) is 0 Å². The van der Waals surface area contributed by atoms with E-state index in [2.05, 4.69) is 5.32 Å². The molecule has 0 amide bonds. The summed E-state index contributed by atoms with van der Waals surface area (Å²) in [5.74, 6) is -1.27. The molecule has 2 N–H and O–H groups in total. The summed E-state index contributed by atoms with van der Waals surface area (Å²) in [5, 5.41) is 12.3. The Morgan fingerprint density at radius 3 is 2.50 bits per heavy atom. The second-order valence-electron chi connectivity index (χ2n) is 4.61. The highest BCUT2D eigenvalue weighted by Crippen LogP contribution is 2.21. The van der Waals surface area contributed by atoms with E-state index in [0.29, 0.717) is 0 Å². The minimum absolute atomic E-state index is 0.467. The van der Waals surface area contributed by atoms with Crippen LogP contribution in [0.15, 0.2) is 36.4 Å². The van der Waals surface area contributed by atoms with Gasteiger partial charge in [0.05, 0.1) is 10.3 Å². The van der Waals surface area contributed by atoms with Gasteiger partial charge < -0.3 is 10.4 Å². The van der Waals surface area contributed by atoms with Gasteiger partial charge in [-0.1, -0.05) is 35.9 Å². The largest absolute Gasteiger partial charge is 0.481 e. The molecule has 0 radical (unpaired) electrons. The average molecular weight is 310 g/mol. The quantitative estimate of drug-likeness (QED) is 0.851. The lowest BCUT2D eigenvalue weighted by Gasteiger charge is -2.08. The summed E-state index contributed by atoms with van der Waals surface area (Å²) < 4.78 is 0.800. The summed E-state index contributed by atoms with van der Waals surface area (Å²) in [6.07, 6.45) is 0. The Balaban J connectivity index is 1.86. The molecule has 2 rings (SSSR count). The molecule has 0 aliphatic heterocycles. The highest BCUT2D eigenvalue weighted by atomic mass is 35.5. The molecule has 106 valence electrons. The summed E-state index contributed by atoms with van der Waals surface area (Å²) >= 11 is 7.44. The Kier molecular flexibility index (Phi) is 5.17. The van der Waals surface area contributed by atoms with Gasteiger partial charge in [-0.2, -0.15) is 0 Å². The average Bonchev–Trinajstić information content (AvgIpc) is 2.84. The van der Waals surface area contributed by atoms with Crippen molar-refractivity contribution in [2.45, 2.75) is 25.9 Å². The number of aliphatic carboxylic acids is 1. The first-order valence-electron chi connectivity index (χ1n) is 6.33. The summed E-state index contributed by atoms with van der Waals surface area (Å²) in [6, 6.07) is 11.6. The van der Waals surface area contributed by atoms with Crippen molar-refractivity contribution in [1.29, 1.82) is 0 Å². The van der Waals surface area contributed by atoms with Crippen LogP contribution < -0.4 is 5.32 Å². The summed E-state index contributed by atoms with van der Waals surface area (Å²) in [7, 11) is 0. The molecule has 1 atom stereocenters. The van der Waals surface area contributed by atoms with E-state index in [1.165, 1.54) is 4.88 Å². The number of halogens is 1. The van der Waals surface area contributed by atoms with Gasteiger partial charge in [0.2, 0.25) is 0 Å². The minimum atomic E-state index is -0.801. The van der Waals surface area contributed by atoms with Gasteiger partial charge in [-0.15, -0.1) is 11.3 Å². The zero-order valence-corrected chi connectivity index (χ0v) is 12.7. The molecule has 0 aliphatic rings. The number of carboxylic acid groups (broad SMARTS) is 1. The van der Waals surface area contributed by atoms with Gasteiger partial charge in [-0.25, -0.2) is 0 Å². The minimum Gasteiger partial charge on any atom is -0.481 e. The van der Waals surface area contributed by atoms with Crippen molar-refractivity contribution < 1.29 is 9.90 Å². The first-order chi connectivity index (χ1) is 9.56. The van der Waals surface area contributed by atoms with Crippen LogP contribution in [-0.2, 0) is 17.9 Å². The van der Waals surface area contributed by atoms with Crippen molar-refractivity contribution in [2.24, 2.45) is 0 Å². The van der Waals surface area contributed by atoms with Crippen LogP contribution >= 0.6 is 22.9 Å². The first kappa shape index (κ1) is 15.0. The lowest BCUT2D eigenvalue weighted by Crippen LogP contribution is -2.12. The van der Waals surface area contributed by atoms with Crippen molar-refractivity contribution in [3.63, 3.8) is 0 Å². The Hall–Kier alpha value is -1.36. The molecule has 1 aromatic carbocycles. The van der Waals surface area contributed by atoms with Crippen LogP contribution in [0.25, 0.3) is 0 Å². The molecular formula is C15H16ClNO2S. The Labute approximate surface area is 127 Å². The number of rotatable bonds is 6. The van der Waals surface area contributed by atoms with Crippen LogP contribution in [0.4, 0.5) is 0 Å². The maximum absolute atomic E-state index is 10.9. The van der Waals surface area contributed by atoms with E-state index in [0.717, 1.165) is 28.6 Å². The highest BCUT2D eigenvalue weighted by molar-refractivity contribution is 7.16. The van der Waals surface area contributed by atoms with Gasteiger partial charge >= 0.3 is 5.97 Å². The zero-order chi connectivity index (χ0) is 14.5.